The number of nitrogens with zero attached hydrogens (tertiary/aromatic N) is 1. The van der Waals surface area contributed by atoms with E-state index in [9.17, 15) is 0 Å². The lowest BCUT2D eigenvalue weighted by atomic mass is 10.1. The van der Waals surface area contributed by atoms with E-state index in [1.54, 1.807) is 22.7 Å². The Morgan fingerprint density at radius 3 is 2.74 bits per heavy atom. The molecule has 0 saturated heterocycles. The van der Waals surface area contributed by atoms with Crippen molar-refractivity contribution in [2.75, 3.05) is 11.9 Å². The number of hydrogen-bond donors (Lipinski definition) is 1. The van der Waals surface area contributed by atoms with Crippen molar-refractivity contribution in [2.24, 2.45) is 0 Å². The van der Waals surface area contributed by atoms with Gasteiger partial charge in [0.2, 0.25) is 0 Å². The van der Waals surface area contributed by atoms with Crippen molar-refractivity contribution in [1.82, 2.24) is 4.98 Å². The van der Waals surface area contributed by atoms with Crippen LogP contribution in [0.4, 0.5) is 5.69 Å². The number of para-hydroxylation sites is 1. The molecule has 1 aromatic carbocycles. The number of benzene rings is 1. The van der Waals surface area contributed by atoms with Gasteiger partial charge < -0.3 is 5.32 Å². The van der Waals surface area contributed by atoms with Crippen LogP contribution in [0.3, 0.4) is 0 Å². The summed E-state index contributed by atoms with van der Waals surface area (Å²) in [4.78, 5) is 6.84. The maximum Gasteiger partial charge on any atom is 0.0933 e. The van der Waals surface area contributed by atoms with E-state index in [2.05, 4.69) is 81.4 Å². The Balaban J connectivity index is 1.50. The van der Waals surface area contributed by atoms with E-state index in [0.717, 1.165) is 40.0 Å². The van der Waals surface area contributed by atoms with E-state index >= 15 is 0 Å². The monoisotopic (exact) mass is 386 g/mol. The molecular formula is C23H18N2S2. The number of thiophene rings is 2. The lowest BCUT2D eigenvalue weighted by molar-refractivity contribution is 1.04. The van der Waals surface area contributed by atoms with E-state index in [1.165, 1.54) is 4.88 Å². The highest BCUT2D eigenvalue weighted by atomic mass is 32.1. The molecule has 4 aromatic rings. The Kier molecular flexibility index (Phi) is 5.64. The average molecular weight is 387 g/mol. The summed E-state index contributed by atoms with van der Waals surface area (Å²) in [5.41, 5.74) is 3.20. The van der Waals surface area contributed by atoms with Gasteiger partial charge in [0.1, 0.15) is 0 Å². The number of nitrogens with one attached hydrogen (secondary N) is 1. The smallest absolute Gasteiger partial charge is 0.0933 e. The molecule has 3 heterocycles. The average Bonchev–Trinajstić information content (AvgIpc) is 3.40. The van der Waals surface area contributed by atoms with Crippen molar-refractivity contribution in [3.8, 4) is 11.8 Å². The summed E-state index contributed by atoms with van der Waals surface area (Å²) in [6.45, 7) is 0.812. The topological polar surface area (TPSA) is 24.9 Å². The van der Waals surface area contributed by atoms with Crippen LogP contribution in [0.15, 0.2) is 77.1 Å². The van der Waals surface area contributed by atoms with E-state index in [-0.39, 0.29) is 0 Å². The zero-order valence-electron chi connectivity index (χ0n) is 14.7. The van der Waals surface area contributed by atoms with Gasteiger partial charge in [0.15, 0.2) is 0 Å². The first-order valence-electron chi connectivity index (χ1n) is 8.76. The highest BCUT2D eigenvalue weighted by molar-refractivity contribution is 7.11. The molecule has 0 spiro atoms. The van der Waals surface area contributed by atoms with Gasteiger partial charge in [-0.05, 0) is 47.5 Å². The zero-order chi connectivity index (χ0) is 18.3. The second-order valence-electron chi connectivity index (χ2n) is 5.97. The first-order valence-corrected chi connectivity index (χ1v) is 10.5. The van der Waals surface area contributed by atoms with Crippen molar-refractivity contribution >= 4 is 45.3 Å². The lowest BCUT2D eigenvalue weighted by Gasteiger charge is -2.09. The molecule has 27 heavy (non-hydrogen) atoms. The Morgan fingerprint density at radius 2 is 1.89 bits per heavy atom. The predicted molar refractivity (Wildman–Crippen MR) is 118 cm³/mol. The second kappa shape index (κ2) is 8.68. The number of pyridine rings is 1. The first-order chi connectivity index (χ1) is 13.4. The molecule has 0 aliphatic heterocycles. The van der Waals surface area contributed by atoms with Crippen LogP contribution in [0, 0.1) is 11.8 Å². The van der Waals surface area contributed by atoms with Crippen LogP contribution in [0.2, 0.25) is 0 Å². The van der Waals surface area contributed by atoms with E-state index in [0.29, 0.717) is 0 Å². The molecule has 2 nitrogen and oxygen atoms in total. The van der Waals surface area contributed by atoms with Gasteiger partial charge in [-0.2, -0.15) is 0 Å². The SMILES string of the molecule is C(#Cc1cccs1)/C(=C/c1cccs1)CCNc1cccc2cccnc12. The molecule has 0 bridgehead atoms. The molecule has 132 valence electrons. The molecule has 0 fully saturated rings. The van der Waals surface area contributed by atoms with Gasteiger partial charge in [0.25, 0.3) is 0 Å². The fourth-order valence-electron chi connectivity index (χ4n) is 2.79. The minimum Gasteiger partial charge on any atom is -0.383 e. The van der Waals surface area contributed by atoms with Gasteiger partial charge in [-0.15, -0.1) is 22.7 Å². The van der Waals surface area contributed by atoms with E-state index in [1.807, 2.05) is 18.3 Å². The fourth-order valence-corrected chi connectivity index (χ4v) is 4.04. The third-order valence-corrected chi connectivity index (χ3v) is 5.67. The number of hydrogen-bond acceptors (Lipinski definition) is 4. The van der Waals surface area contributed by atoms with Gasteiger partial charge in [0, 0.05) is 28.6 Å². The second-order valence-corrected chi connectivity index (χ2v) is 7.90. The molecule has 0 amide bonds. The Hall–Kier alpha value is -2.87. The first kappa shape index (κ1) is 17.5. The Morgan fingerprint density at radius 1 is 1.00 bits per heavy atom. The van der Waals surface area contributed by atoms with Gasteiger partial charge in [-0.25, -0.2) is 0 Å². The largest absolute Gasteiger partial charge is 0.383 e. The standard InChI is InChI=1S/C23H18N2S2/c1-5-19-6-2-13-25-23(19)22(9-1)24-14-12-18(17-21-8-4-16-27-21)10-11-20-7-3-15-26-20/h1-9,13,15-17,24H,12,14H2/b18-17-. The molecule has 0 saturated carbocycles. The van der Waals surface area contributed by atoms with Crippen LogP contribution >= 0.6 is 22.7 Å². The maximum absolute atomic E-state index is 4.51. The van der Waals surface area contributed by atoms with Crippen molar-refractivity contribution in [3.63, 3.8) is 0 Å². The molecule has 4 rings (SSSR count). The molecule has 3 aromatic heterocycles. The highest BCUT2D eigenvalue weighted by Gasteiger charge is 2.02. The summed E-state index contributed by atoms with van der Waals surface area (Å²) in [5, 5.41) is 8.82. The van der Waals surface area contributed by atoms with Crippen LogP contribution in [-0.4, -0.2) is 11.5 Å². The van der Waals surface area contributed by atoms with Gasteiger partial charge in [0.05, 0.1) is 16.1 Å². The van der Waals surface area contributed by atoms with Crippen molar-refractivity contribution in [1.29, 1.82) is 0 Å². The molecule has 4 heteroatoms. The molecule has 0 atom stereocenters. The number of fused-ring (bicyclic) bond motifs is 1. The van der Waals surface area contributed by atoms with Gasteiger partial charge in [-0.1, -0.05) is 42.2 Å². The Labute approximate surface area is 167 Å². The Bertz CT molecular complexity index is 1090. The van der Waals surface area contributed by atoms with Crippen LogP contribution < -0.4 is 5.32 Å². The zero-order valence-corrected chi connectivity index (χ0v) is 16.3. The summed E-state index contributed by atoms with van der Waals surface area (Å²) >= 11 is 3.41. The highest BCUT2D eigenvalue weighted by Crippen LogP contribution is 2.21. The van der Waals surface area contributed by atoms with Crippen LogP contribution in [0.1, 0.15) is 16.2 Å². The summed E-state index contributed by atoms with van der Waals surface area (Å²) in [7, 11) is 0. The molecule has 0 aliphatic carbocycles. The molecule has 1 N–H and O–H groups in total. The van der Waals surface area contributed by atoms with Crippen LogP contribution in [0.25, 0.3) is 17.0 Å². The minimum atomic E-state index is 0.812. The van der Waals surface area contributed by atoms with E-state index in [4.69, 9.17) is 0 Å². The summed E-state index contributed by atoms with van der Waals surface area (Å²) in [6, 6.07) is 18.6. The maximum atomic E-state index is 4.51. The molecular weight excluding hydrogens is 368 g/mol. The number of rotatable bonds is 5. The minimum absolute atomic E-state index is 0.812. The quantitative estimate of drug-likeness (QED) is 0.407. The number of anilines is 1. The summed E-state index contributed by atoms with van der Waals surface area (Å²) < 4.78 is 0. The fraction of sp³-hybridized carbons (Fsp3) is 0.0870. The number of aromatic nitrogens is 1. The third-order valence-electron chi connectivity index (χ3n) is 4.07. The normalized spacial score (nSPS) is 11.2. The van der Waals surface area contributed by atoms with Crippen molar-refractivity contribution in [3.05, 3.63) is 86.9 Å². The van der Waals surface area contributed by atoms with E-state index < -0.39 is 0 Å². The van der Waals surface area contributed by atoms with Gasteiger partial charge >= 0.3 is 0 Å². The van der Waals surface area contributed by atoms with Crippen molar-refractivity contribution < 1.29 is 0 Å². The van der Waals surface area contributed by atoms with Crippen molar-refractivity contribution in [2.45, 2.75) is 6.42 Å². The molecule has 0 radical (unpaired) electrons. The lowest BCUT2D eigenvalue weighted by Crippen LogP contribution is -2.03. The summed E-state index contributed by atoms with van der Waals surface area (Å²) in [6.07, 6.45) is 4.88. The third kappa shape index (κ3) is 4.65. The van der Waals surface area contributed by atoms with Gasteiger partial charge in [-0.3, -0.25) is 4.98 Å². The predicted octanol–water partition coefficient (Wildman–Crippen LogP) is 6.30. The van der Waals surface area contributed by atoms with Crippen LogP contribution in [0.5, 0.6) is 0 Å². The molecule has 0 unspecified atom stereocenters. The summed E-state index contributed by atoms with van der Waals surface area (Å²) in [5.74, 6) is 6.64. The molecule has 0 aliphatic rings. The van der Waals surface area contributed by atoms with Crippen LogP contribution in [-0.2, 0) is 0 Å².